The van der Waals surface area contributed by atoms with Gasteiger partial charge >= 0.3 is 0 Å². The van der Waals surface area contributed by atoms with Crippen LogP contribution in [-0.4, -0.2) is 4.98 Å². The van der Waals surface area contributed by atoms with E-state index >= 15 is 0 Å². The Morgan fingerprint density at radius 3 is 2.83 bits per heavy atom. The Hall–Kier alpha value is -1.49. The summed E-state index contributed by atoms with van der Waals surface area (Å²) in [6.45, 7) is 3.90. The second kappa shape index (κ2) is 3.27. The Balaban J connectivity index is 3.30. The molecule has 0 aliphatic carbocycles. The van der Waals surface area contributed by atoms with Gasteiger partial charge in [-0.3, -0.25) is 0 Å². The summed E-state index contributed by atoms with van der Waals surface area (Å²) in [6, 6.07) is 1.93. The van der Waals surface area contributed by atoms with E-state index in [-0.39, 0.29) is 0 Å². The third kappa shape index (κ3) is 1.40. The van der Waals surface area contributed by atoms with Gasteiger partial charge in [-0.1, -0.05) is 12.8 Å². The molecule has 0 amide bonds. The van der Waals surface area contributed by atoms with Gasteiger partial charge in [-0.25, -0.2) is 4.98 Å². The number of pyridine rings is 1. The van der Waals surface area contributed by atoms with Crippen LogP contribution in [0.25, 0.3) is 0 Å². The van der Waals surface area contributed by atoms with Crippen LogP contribution in [0.4, 0.5) is 5.82 Å². The minimum Gasteiger partial charge on any atom is -0.383 e. The maximum Gasteiger partial charge on any atom is 0.126 e. The van der Waals surface area contributed by atoms with E-state index in [0.29, 0.717) is 5.82 Å². The highest BCUT2D eigenvalue weighted by molar-refractivity contribution is 5.48. The molecular formula is C10H12N2. The summed E-state index contributed by atoms with van der Waals surface area (Å²) in [6.07, 6.45) is 6.16. The maximum atomic E-state index is 5.68. The van der Waals surface area contributed by atoms with Crippen LogP contribution in [-0.2, 0) is 6.42 Å². The molecule has 0 aliphatic rings. The van der Waals surface area contributed by atoms with Gasteiger partial charge in [0.2, 0.25) is 0 Å². The molecule has 0 fully saturated rings. The Morgan fingerprint density at radius 1 is 1.67 bits per heavy atom. The molecule has 62 valence electrons. The van der Waals surface area contributed by atoms with Crippen molar-refractivity contribution >= 4 is 5.82 Å². The number of nitrogens with two attached hydrogens (primary N) is 1. The molecular weight excluding hydrogens is 148 g/mol. The maximum absolute atomic E-state index is 5.68. The smallest absolute Gasteiger partial charge is 0.126 e. The first-order valence-electron chi connectivity index (χ1n) is 3.91. The van der Waals surface area contributed by atoms with Gasteiger partial charge in [0, 0.05) is 5.56 Å². The SMILES string of the molecule is C#Cc1cc(CC)c(N)nc1C. The molecule has 2 N–H and O–H groups in total. The number of aromatic nitrogens is 1. The second-order valence-electron chi connectivity index (χ2n) is 2.66. The van der Waals surface area contributed by atoms with E-state index in [4.69, 9.17) is 12.2 Å². The van der Waals surface area contributed by atoms with Crippen molar-refractivity contribution in [2.45, 2.75) is 20.3 Å². The summed E-state index contributed by atoms with van der Waals surface area (Å²) < 4.78 is 0. The Morgan fingerprint density at radius 2 is 2.33 bits per heavy atom. The highest BCUT2D eigenvalue weighted by atomic mass is 14.8. The number of terminal acetylenes is 1. The van der Waals surface area contributed by atoms with Crippen molar-refractivity contribution in [3.05, 3.63) is 22.9 Å². The molecule has 2 nitrogen and oxygen atoms in total. The Kier molecular flexibility index (Phi) is 2.35. The first-order chi connectivity index (χ1) is 5.69. The standard InChI is InChI=1S/C10H12N2/c1-4-8-6-9(5-2)10(11)12-7(8)3/h1,6H,5H2,2-3H3,(H2,11,12). The average molecular weight is 160 g/mol. The number of nitrogens with zero attached hydrogens (tertiary/aromatic N) is 1. The molecule has 0 radical (unpaired) electrons. The van der Waals surface area contributed by atoms with Gasteiger partial charge in [-0.05, 0) is 25.0 Å². The minimum absolute atomic E-state index is 0.592. The van der Waals surface area contributed by atoms with Crippen LogP contribution in [0.15, 0.2) is 6.07 Å². The number of anilines is 1. The van der Waals surface area contributed by atoms with Gasteiger partial charge in [0.1, 0.15) is 5.82 Å². The fraction of sp³-hybridized carbons (Fsp3) is 0.300. The van der Waals surface area contributed by atoms with Crippen LogP contribution >= 0.6 is 0 Å². The van der Waals surface area contributed by atoms with Gasteiger partial charge in [0.05, 0.1) is 5.69 Å². The molecule has 2 heteroatoms. The van der Waals surface area contributed by atoms with Crippen molar-refractivity contribution in [3.8, 4) is 12.3 Å². The summed E-state index contributed by atoms with van der Waals surface area (Å²) in [4.78, 5) is 4.15. The van der Waals surface area contributed by atoms with E-state index in [2.05, 4.69) is 10.9 Å². The number of aryl methyl sites for hydroxylation is 2. The lowest BCUT2D eigenvalue weighted by Gasteiger charge is -2.04. The van der Waals surface area contributed by atoms with Crippen LogP contribution in [0.3, 0.4) is 0 Å². The van der Waals surface area contributed by atoms with Crippen molar-refractivity contribution in [1.29, 1.82) is 0 Å². The van der Waals surface area contributed by atoms with Gasteiger partial charge in [-0.2, -0.15) is 0 Å². The van der Waals surface area contributed by atoms with Crippen LogP contribution in [0, 0.1) is 19.3 Å². The van der Waals surface area contributed by atoms with E-state index in [1.54, 1.807) is 0 Å². The highest BCUT2D eigenvalue weighted by Crippen LogP contribution is 2.14. The van der Waals surface area contributed by atoms with E-state index in [9.17, 15) is 0 Å². The largest absolute Gasteiger partial charge is 0.383 e. The predicted molar refractivity (Wildman–Crippen MR) is 50.7 cm³/mol. The zero-order valence-corrected chi connectivity index (χ0v) is 7.39. The second-order valence-corrected chi connectivity index (χ2v) is 2.66. The number of rotatable bonds is 1. The van der Waals surface area contributed by atoms with Crippen LogP contribution in [0.5, 0.6) is 0 Å². The predicted octanol–water partition coefficient (Wildman–Crippen LogP) is 1.52. The number of hydrogen-bond acceptors (Lipinski definition) is 2. The van der Waals surface area contributed by atoms with Crippen LogP contribution in [0.1, 0.15) is 23.7 Å². The molecule has 0 aliphatic heterocycles. The number of nitrogen functional groups attached to an aromatic ring is 1. The quantitative estimate of drug-likeness (QED) is 0.632. The number of hydrogen-bond donors (Lipinski definition) is 1. The molecule has 0 atom stereocenters. The normalized spacial score (nSPS) is 9.42. The van der Waals surface area contributed by atoms with E-state index < -0.39 is 0 Å². The highest BCUT2D eigenvalue weighted by Gasteiger charge is 2.02. The topological polar surface area (TPSA) is 38.9 Å². The summed E-state index contributed by atoms with van der Waals surface area (Å²) >= 11 is 0. The molecule has 0 spiro atoms. The molecule has 1 heterocycles. The first-order valence-corrected chi connectivity index (χ1v) is 3.91. The van der Waals surface area contributed by atoms with Crippen molar-refractivity contribution in [1.82, 2.24) is 4.98 Å². The lowest BCUT2D eigenvalue weighted by atomic mass is 10.1. The lowest BCUT2D eigenvalue weighted by Crippen LogP contribution is -2.00. The zero-order chi connectivity index (χ0) is 9.14. The van der Waals surface area contributed by atoms with Crippen LogP contribution in [0.2, 0.25) is 0 Å². The Labute approximate surface area is 72.8 Å². The minimum atomic E-state index is 0.592. The molecule has 1 aromatic rings. The fourth-order valence-electron chi connectivity index (χ4n) is 1.09. The summed E-state index contributed by atoms with van der Waals surface area (Å²) in [7, 11) is 0. The molecule has 12 heavy (non-hydrogen) atoms. The Bertz CT molecular complexity index is 334. The van der Waals surface area contributed by atoms with Crippen molar-refractivity contribution in [2.75, 3.05) is 5.73 Å². The van der Waals surface area contributed by atoms with E-state index in [0.717, 1.165) is 23.2 Å². The molecule has 1 aromatic heterocycles. The average Bonchev–Trinajstić information content (AvgIpc) is 2.05. The molecule has 0 saturated carbocycles. The van der Waals surface area contributed by atoms with Crippen molar-refractivity contribution in [3.63, 3.8) is 0 Å². The fourth-order valence-corrected chi connectivity index (χ4v) is 1.09. The van der Waals surface area contributed by atoms with Gasteiger partial charge < -0.3 is 5.73 Å². The van der Waals surface area contributed by atoms with Crippen molar-refractivity contribution < 1.29 is 0 Å². The van der Waals surface area contributed by atoms with Gasteiger partial charge in [0.15, 0.2) is 0 Å². The summed E-state index contributed by atoms with van der Waals surface area (Å²) in [5.74, 6) is 3.17. The van der Waals surface area contributed by atoms with Gasteiger partial charge in [0.25, 0.3) is 0 Å². The first kappa shape index (κ1) is 8.61. The van der Waals surface area contributed by atoms with Gasteiger partial charge in [-0.15, -0.1) is 6.42 Å². The summed E-state index contributed by atoms with van der Waals surface area (Å²) in [5.41, 5.74) is 8.36. The lowest BCUT2D eigenvalue weighted by molar-refractivity contribution is 1.08. The van der Waals surface area contributed by atoms with Crippen molar-refractivity contribution in [2.24, 2.45) is 0 Å². The third-order valence-electron chi connectivity index (χ3n) is 1.86. The van der Waals surface area contributed by atoms with E-state index in [1.165, 1.54) is 0 Å². The third-order valence-corrected chi connectivity index (χ3v) is 1.86. The van der Waals surface area contributed by atoms with Crippen LogP contribution < -0.4 is 5.73 Å². The molecule has 0 bridgehead atoms. The molecule has 0 unspecified atom stereocenters. The molecule has 1 rings (SSSR count). The summed E-state index contributed by atoms with van der Waals surface area (Å²) in [5, 5.41) is 0. The molecule has 0 saturated heterocycles. The molecule has 0 aromatic carbocycles. The van der Waals surface area contributed by atoms with E-state index in [1.807, 2.05) is 19.9 Å². The zero-order valence-electron chi connectivity index (χ0n) is 7.39. The monoisotopic (exact) mass is 160 g/mol.